The number of piperidine rings is 1. The fourth-order valence-electron chi connectivity index (χ4n) is 2.90. The van der Waals surface area contributed by atoms with Gasteiger partial charge in [0.15, 0.2) is 0 Å². The van der Waals surface area contributed by atoms with Crippen LogP contribution in [0.5, 0.6) is 5.75 Å². The molecule has 118 valence electrons. The third-order valence-corrected chi connectivity index (χ3v) is 4.49. The van der Waals surface area contributed by atoms with Crippen molar-refractivity contribution >= 4 is 11.6 Å². The van der Waals surface area contributed by atoms with Gasteiger partial charge in [-0.1, -0.05) is 11.6 Å². The van der Waals surface area contributed by atoms with Crippen LogP contribution in [0, 0.1) is 5.92 Å². The Labute approximate surface area is 133 Å². The third-order valence-electron chi connectivity index (χ3n) is 4.23. The summed E-state index contributed by atoms with van der Waals surface area (Å²) in [5.74, 6) is 1.69. The molecule has 1 fully saturated rings. The lowest BCUT2D eigenvalue weighted by Crippen LogP contribution is -2.47. The Morgan fingerprint density at radius 1 is 1.33 bits per heavy atom. The van der Waals surface area contributed by atoms with Crippen LogP contribution in [-0.4, -0.2) is 44.2 Å². The van der Waals surface area contributed by atoms with Crippen LogP contribution in [-0.2, 0) is 0 Å². The summed E-state index contributed by atoms with van der Waals surface area (Å²) in [5, 5.41) is 4.35. The van der Waals surface area contributed by atoms with Gasteiger partial charge in [0.1, 0.15) is 11.9 Å². The van der Waals surface area contributed by atoms with E-state index in [9.17, 15) is 0 Å². The number of rotatable bonds is 6. The fraction of sp³-hybridized carbons (Fsp3) is 0.647. The summed E-state index contributed by atoms with van der Waals surface area (Å²) < 4.78 is 6.05. The minimum absolute atomic E-state index is 0.174. The summed E-state index contributed by atoms with van der Waals surface area (Å²) in [5.41, 5.74) is 0. The third kappa shape index (κ3) is 5.50. The number of halogens is 1. The van der Waals surface area contributed by atoms with Gasteiger partial charge in [0.2, 0.25) is 0 Å². The maximum Gasteiger partial charge on any atom is 0.119 e. The molecule has 3 atom stereocenters. The number of hydrogen-bond acceptors (Lipinski definition) is 3. The van der Waals surface area contributed by atoms with Crippen LogP contribution in [0.1, 0.15) is 26.2 Å². The normalized spacial score (nSPS) is 24.0. The Hall–Kier alpha value is -0.770. The minimum Gasteiger partial charge on any atom is -0.489 e. The van der Waals surface area contributed by atoms with Gasteiger partial charge in [-0.05, 0) is 83.6 Å². The highest BCUT2D eigenvalue weighted by atomic mass is 35.5. The van der Waals surface area contributed by atoms with E-state index in [1.807, 2.05) is 24.3 Å². The Morgan fingerprint density at radius 3 is 2.71 bits per heavy atom. The smallest absolute Gasteiger partial charge is 0.119 e. The predicted octanol–water partition coefficient (Wildman–Crippen LogP) is 3.43. The van der Waals surface area contributed by atoms with E-state index in [4.69, 9.17) is 16.3 Å². The summed E-state index contributed by atoms with van der Waals surface area (Å²) >= 11 is 5.90. The molecule has 1 aromatic rings. The zero-order chi connectivity index (χ0) is 15.2. The molecule has 3 unspecified atom stereocenters. The molecule has 2 rings (SSSR count). The number of hydrogen-bond donors (Lipinski definition) is 1. The summed E-state index contributed by atoms with van der Waals surface area (Å²) in [6, 6.07) is 8.05. The molecular formula is C17H27ClN2O. The standard InChI is InChI=1S/C17H27ClN2O/c1-13(21-16-6-4-15(18)5-7-16)17-12-14(8-10-19-17)9-11-20(2)3/h4-7,13-14,17,19H,8-12H2,1-3H3. The van der Waals surface area contributed by atoms with E-state index in [1.165, 1.54) is 25.8 Å². The zero-order valence-electron chi connectivity index (χ0n) is 13.3. The second-order valence-electron chi connectivity index (χ2n) is 6.32. The quantitative estimate of drug-likeness (QED) is 0.871. The number of nitrogens with zero attached hydrogens (tertiary/aromatic N) is 1. The maximum atomic E-state index is 6.05. The van der Waals surface area contributed by atoms with E-state index in [0.29, 0.717) is 6.04 Å². The van der Waals surface area contributed by atoms with Gasteiger partial charge < -0.3 is 15.0 Å². The highest BCUT2D eigenvalue weighted by Gasteiger charge is 2.26. The molecule has 0 aromatic heterocycles. The molecule has 0 radical (unpaired) electrons. The van der Waals surface area contributed by atoms with Gasteiger partial charge in [0.25, 0.3) is 0 Å². The van der Waals surface area contributed by atoms with Crippen LogP contribution < -0.4 is 10.1 Å². The molecule has 1 saturated heterocycles. The monoisotopic (exact) mass is 310 g/mol. The molecule has 1 N–H and O–H groups in total. The molecule has 1 heterocycles. The lowest BCUT2D eigenvalue weighted by molar-refractivity contribution is 0.129. The van der Waals surface area contributed by atoms with E-state index in [1.54, 1.807) is 0 Å². The maximum absolute atomic E-state index is 6.05. The van der Waals surface area contributed by atoms with Gasteiger partial charge in [0, 0.05) is 11.1 Å². The van der Waals surface area contributed by atoms with Gasteiger partial charge in [-0.15, -0.1) is 0 Å². The first-order valence-electron chi connectivity index (χ1n) is 7.85. The Kier molecular flexibility index (Phi) is 6.34. The molecule has 0 spiro atoms. The molecule has 1 aromatic carbocycles. The van der Waals surface area contributed by atoms with Crippen molar-refractivity contribution in [3.63, 3.8) is 0 Å². The van der Waals surface area contributed by atoms with Crippen molar-refractivity contribution < 1.29 is 4.74 Å². The number of ether oxygens (including phenoxy) is 1. The minimum atomic E-state index is 0.174. The molecular weight excluding hydrogens is 284 g/mol. The van der Waals surface area contributed by atoms with Crippen LogP contribution >= 0.6 is 11.6 Å². The number of nitrogens with one attached hydrogen (secondary N) is 1. The van der Waals surface area contributed by atoms with Crippen LogP contribution in [0.15, 0.2) is 24.3 Å². The average molecular weight is 311 g/mol. The van der Waals surface area contributed by atoms with Crippen LogP contribution in [0.3, 0.4) is 0 Å². The van der Waals surface area contributed by atoms with E-state index >= 15 is 0 Å². The van der Waals surface area contributed by atoms with E-state index < -0.39 is 0 Å². The van der Waals surface area contributed by atoms with E-state index in [-0.39, 0.29) is 6.10 Å². The first kappa shape index (κ1) is 16.6. The van der Waals surface area contributed by atoms with Gasteiger partial charge in [-0.3, -0.25) is 0 Å². The summed E-state index contributed by atoms with van der Waals surface area (Å²) in [7, 11) is 4.29. The van der Waals surface area contributed by atoms with Crippen LogP contribution in [0.2, 0.25) is 5.02 Å². The lowest BCUT2D eigenvalue weighted by Gasteiger charge is -2.34. The molecule has 4 heteroatoms. The largest absolute Gasteiger partial charge is 0.489 e. The van der Waals surface area contributed by atoms with Gasteiger partial charge >= 0.3 is 0 Å². The lowest BCUT2D eigenvalue weighted by atomic mass is 9.87. The van der Waals surface area contributed by atoms with Crippen molar-refractivity contribution in [1.29, 1.82) is 0 Å². The van der Waals surface area contributed by atoms with Crippen molar-refractivity contribution in [2.24, 2.45) is 5.92 Å². The Bertz CT molecular complexity index is 421. The van der Waals surface area contributed by atoms with E-state index in [2.05, 4.69) is 31.2 Å². The Morgan fingerprint density at radius 2 is 2.05 bits per heavy atom. The van der Waals surface area contributed by atoms with Gasteiger partial charge in [-0.25, -0.2) is 0 Å². The molecule has 0 amide bonds. The molecule has 3 nitrogen and oxygen atoms in total. The second-order valence-corrected chi connectivity index (χ2v) is 6.76. The predicted molar refractivity (Wildman–Crippen MR) is 89.2 cm³/mol. The number of benzene rings is 1. The molecule has 21 heavy (non-hydrogen) atoms. The summed E-state index contributed by atoms with van der Waals surface area (Å²) in [6.07, 6.45) is 3.92. The van der Waals surface area contributed by atoms with Crippen molar-refractivity contribution in [2.75, 3.05) is 27.2 Å². The van der Waals surface area contributed by atoms with Crippen LogP contribution in [0.25, 0.3) is 0 Å². The molecule has 1 aliphatic rings. The van der Waals surface area contributed by atoms with Crippen molar-refractivity contribution in [3.05, 3.63) is 29.3 Å². The molecule has 0 saturated carbocycles. The van der Waals surface area contributed by atoms with Crippen molar-refractivity contribution in [3.8, 4) is 5.75 Å². The fourth-order valence-corrected chi connectivity index (χ4v) is 3.03. The SMILES string of the molecule is CC(Oc1ccc(Cl)cc1)C1CC(CCN(C)C)CCN1. The van der Waals surface area contributed by atoms with Gasteiger partial charge in [0.05, 0.1) is 0 Å². The summed E-state index contributed by atoms with van der Waals surface area (Å²) in [6.45, 7) is 4.42. The zero-order valence-corrected chi connectivity index (χ0v) is 14.1. The molecule has 0 bridgehead atoms. The van der Waals surface area contributed by atoms with Crippen molar-refractivity contribution in [2.45, 2.75) is 38.3 Å². The van der Waals surface area contributed by atoms with Gasteiger partial charge in [-0.2, -0.15) is 0 Å². The van der Waals surface area contributed by atoms with Crippen LogP contribution in [0.4, 0.5) is 0 Å². The topological polar surface area (TPSA) is 24.5 Å². The second kappa shape index (κ2) is 8.02. The van der Waals surface area contributed by atoms with Crippen molar-refractivity contribution in [1.82, 2.24) is 10.2 Å². The average Bonchev–Trinajstić information content (AvgIpc) is 2.48. The first-order chi connectivity index (χ1) is 10.0. The molecule has 0 aliphatic carbocycles. The summed E-state index contributed by atoms with van der Waals surface area (Å²) in [4.78, 5) is 2.27. The highest BCUT2D eigenvalue weighted by molar-refractivity contribution is 6.30. The molecule has 1 aliphatic heterocycles. The van der Waals surface area contributed by atoms with E-state index in [0.717, 1.165) is 23.2 Å². The highest BCUT2D eigenvalue weighted by Crippen LogP contribution is 2.24. The first-order valence-corrected chi connectivity index (χ1v) is 8.22. The Balaban J connectivity index is 1.83.